The number of benzene rings is 3. The monoisotopic (exact) mass is 628 g/mol. The molecule has 0 unspecified atom stereocenters. The predicted octanol–water partition coefficient (Wildman–Crippen LogP) is 5.02. The van der Waals surface area contributed by atoms with E-state index in [0.717, 1.165) is 29.5 Å². The van der Waals surface area contributed by atoms with Gasteiger partial charge in [-0.25, -0.2) is 9.59 Å². The van der Waals surface area contributed by atoms with Crippen molar-refractivity contribution in [1.29, 1.82) is 0 Å². The van der Waals surface area contributed by atoms with Gasteiger partial charge in [-0.1, -0.05) is 71.2 Å². The molecule has 1 aliphatic heterocycles. The number of hydrogen-bond donors (Lipinski definition) is 4. The molecule has 0 fully saturated rings. The topological polar surface area (TPSA) is 128 Å². The van der Waals surface area contributed by atoms with E-state index >= 15 is 0 Å². The molecule has 0 bridgehead atoms. The van der Waals surface area contributed by atoms with Crippen LogP contribution >= 0.6 is 34.8 Å². The van der Waals surface area contributed by atoms with Crippen LogP contribution in [0, 0.1) is 0 Å². The summed E-state index contributed by atoms with van der Waals surface area (Å²) < 4.78 is 0. The molecule has 42 heavy (non-hydrogen) atoms. The van der Waals surface area contributed by atoms with Crippen LogP contribution in [0.4, 0.5) is 4.79 Å². The molecule has 3 aromatic rings. The molecule has 5 rings (SSSR count). The van der Waals surface area contributed by atoms with Gasteiger partial charge in [0.25, 0.3) is 11.8 Å². The summed E-state index contributed by atoms with van der Waals surface area (Å²) in [5.41, 5.74) is 3.70. The van der Waals surface area contributed by atoms with Crippen molar-refractivity contribution in [3.63, 3.8) is 0 Å². The molecular weight excluding hydrogens is 603 g/mol. The Bertz CT molecular complexity index is 1560. The molecule has 0 spiro atoms. The molecule has 4 amide bonds. The first kappa shape index (κ1) is 29.7. The maximum Gasteiger partial charge on any atom is 0.328 e. The van der Waals surface area contributed by atoms with Crippen LogP contribution in [0.25, 0.3) is 0 Å². The van der Waals surface area contributed by atoms with E-state index < -0.39 is 23.9 Å². The number of halogens is 3. The number of carboxylic acids is 1. The molecule has 218 valence electrons. The lowest BCUT2D eigenvalue weighted by Crippen LogP contribution is -2.50. The largest absolute Gasteiger partial charge is 0.480 e. The van der Waals surface area contributed by atoms with Crippen LogP contribution in [0.2, 0.25) is 15.1 Å². The first-order chi connectivity index (χ1) is 20.1. The summed E-state index contributed by atoms with van der Waals surface area (Å²) in [5.74, 6) is -2.47. The minimum absolute atomic E-state index is 0.00997. The van der Waals surface area contributed by atoms with E-state index in [1.807, 2.05) is 36.4 Å². The Labute approximate surface area is 257 Å². The van der Waals surface area contributed by atoms with Gasteiger partial charge < -0.3 is 26.0 Å². The summed E-state index contributed by atoms with van der Waals surface area (Å²) in [5, 5.41) is 18.0. The Kier molecular flexibility index (Phi) is 8.91. The van der Waals surface area contributed by atoms with Gasteiger partial charge in [0.05, 0.1) is 28.2 Å². The van der Waals surface area contributed by atoms with Crippen LogP contribution in [0.5, 0.6) is 0 Å². The molecule has 3 aromatic carbocycles. The smallest absolute Gasteiger partial charge is 0.328 e. The van der Waals surface area contributed by atoms with Gasteiger partial charge in [0.1, 0.15) is 6.04 Å². The third-order valence-corrected chi connectivity index (χ3v) is 8.46. The second-order valence-electron chi connectivity index (χ2n) is 10.2. The number of carboxylic acid groups (broad SMARTS) is 1. The molecular formula is C30H27Cl3N4O5. The minimum Gasteiger partial charge on any atom is -0.480 e. The molecule has 1 aliphatic carbocycles. The zero-order valence-electron chi connectivity index (χ0n) is 22.3. The summed E-state index contributed by atoms with van der Waals surface area (Å²) in [6.07, 6.45) is 1.95. The number of aliphatic carboxylic acids is 1. The fourth-order valence-corrected chi connectivity index (χ4v) is 6.17. The van der Waals surface area contributed by atoms with E-state index in [-0.39, 0.29) is 39.7 Å². The van der Waals surface area contributed by atoms with Crippen LogP contribution in [0.15, 0.2) is 54.6 Å². The first-order valence-corrected chi connectivity index (χ1v) is 14.5. The van der Waals surface area contributed by atoms with E-state index in [4.69, 9.17) is 34.8 Å². The second-order valence-corrected chi connectivity index (χ2v) is 11.4. The second kappa shape index (κ2) is 12.6. The van der Waals surface area contributed by atoms with Gasteiger partial charge in [-0.3, -0.25) is 9.59 Å². The van der Waals surface area contributed by atoms with Crippen LogP contribution in [0.1, 0.15) is 55.4 Å². The summed E-state index contributed by atoms with van der Waals surface area (Å²) in [6, 6.07) is 14.2. The number of nitrogens with one attached hydrogen (secondary N) is 3. The van der Waals surface area contributed by atoms with E-state index in [1.165, 1.54) is 6.07 Å². The lowest BCUT2D eigenvalue weighted by molar-refractivity contribution is -0.139. The highest BCUT2D eigenvalue weighted by Crippen LogP contribution is 2.35. The number of fused-ring (bicyclic) bond motifs is 2. The quantitative estimate of drug-likeness (QED) is 0.278. The van der Waals surface area contributed by atoms with Gasteiger partial charge in [-0.15, -0.1) is 0 Å². The molecule has 0 saturated carbocycles. The average Bonchev–Trinajstić information content (AvgIpc) is 3.36. The lowest BCUT2D eigenvalue weighted by atomic mass is 9.95. The molecule has 2 aliphatic rings. The maximum atomic E-state index is 13.2. The fraction of sp³-hybridized carbons (Fsp3) is 0.267. The molecule has 0 saturated heterocycles. The standard InChI is InChI=1S/C30H27Cl3N4O5/c31-18-8-5-16(6-9-18)15-37-12-11-20-21(28(37)39)13-22(32)25(26(20)33)27(38)35-24(29(40)41)14-34-30(42)36-23-10-7-17-3-1-2-4-19(17)23/h1-6,8-9,13,23-24H,7,10-12,14-15H2,(H,35,38)(H,40,41)(H2,34,36,42)/t23-,24+/m1/s1. The molecule has 0 radical (unpaired) electrons. The predicted molar refractivity (Wildman–Crippen MR) is 159 cm³/mol. The number of rotatable bonds is 8. The number of amides is 4. The van der Waals surface area contributed by atoms with Gasteiger partial charge in [-0.05, 0) is 59.7 Å². The zero-order chi connectivity index (χ0) is 30.0. The van der Waals surface area contributed by atoms with Crippen molar-refractivity contribution in [3.8, 4) is 0 Å². The third kappa shape index (κ3) is 6.33. The van der Waals surface area contributed by atoms with Gasteiger partial charge in [-0.2, -0.15) is 0 Å². The van der Waals surface area contributed by atoms with Crippen LogP contribution in [-0.2, 0) is 24.2 Å². The SMILES string of the molecule is O=C(NC[C@H](NC(=O)c1c(Cl)cc2c(c1Cl)CCN(Cc1ccc(Cl)cc1)C2=O)C(=O)O)N[C@@H]1CCc2ccccc21. The Morgan fingerprint density at radius 2 is 1.76 bits per heavy atom. The Hall–Kier alpha value is -3.79. The molecule has 9 nitrogen and oxygen atoms in total. The van der Waals surface area contributed by atoms with Gasteiger partial charge in [0.15, 0.2) is 0 Å². The third-order valence-electron chi connectivity index (χ3n) is 7.49. The molecule has 1 heterocycles. The van der Waals surface area contributed by atoms with Crippen LogP contribution in [0.3, 0.4) is 0 Å². The van der Waals surface area contributed by atoms with Crippen molar-refractivity contribution < 1.29 is 24.3 Å². The number of carbonyl (C=O) groups excluding carboxylic acids is 3. The van der Waals surface area contributed by atoms with Crippen LogP contribution in [-0.4, -0.2) is 53.0 Å². The van der Waals surface area contributed by atoms with Crippen molar-refractivity contribution >= 4 is 58.6 Å². The number of carbonyl (C=O) groups is 4. The van der Waals surface area contributed by atoms with Crippen LogP contribution < -0.4 is 16.0 Å². The average molecular weight is 630 g/mol. The highest BCUT2D eigenvalue weighted by atomic mass is 35.5. The van der Waals surface area contributed by atoms with Crippen molar-refractivity contribution in [2.75, 3.05) is 13.1 Å². The Balaban J connectivity index is 1.24. The van der Waals surface area contributed by atoms with Crippen molar-refractivity contribution in [2.24, 2.45) is 0 Å². The normalized spacial score (nSPS) is 16.3. The zero-order valence-corrected chi connectivity index (χ0v) is 24.5. The van der Waals surface area contributed by atoms with Gasteiger partial charge in [0.2, 0.25) is 0 Å². The fourth-order valence-electron chi connectivity index (χ4n) is 5.32. The summed E-state index contributed by atoms with van der Waals surface area (Å²) in [6.45, 7) is 0.347. The van der Waals surface area contributed by atoms with Crippen molar-refractivity contribution in [1.82, 2.24) is 20.9 Å². The van der Waals surface area contributed by atoms with Gasteiger partial charge in [0, 0.05) is 23.7 Å². The van der Waals surface area contributed by atoms with Crippen molar-refractivity contribution in [3.05, 3.63) is 103 Å². The highest BCUT2D eigenvalue weighted by Gasteiger charge is 2.32. The first-order valence-electron chi connectivity index (χ1n) is 13.3. The molecule has 0 aromatic heterocycles. The maximum absolute atomic E-state index is 13.2. The van der Waals surface area contributed by atoms with E-state index in [0.29, 0.717) is 30.1 Å². The van der Waals surface area contributed by atoms with E-state index in [9.17, 15) is 24.3 Å². The van der Waals surface area contributed by atoms with Crippen molar-refractivity contribution in [2.45, 2.75) is 37.9 Å². The Morgan fingerprint density at radius 3 is 2.50 bits per heavy atom. The number of urea groups is 1. The molecule has 2 atom stereocenters. The Morgan fingerprint density at radius 1 is 1.02 bits per heavy atom. The lowest BCUT2D eigenvalue weighted by Gasteiger charge is -2.30. The summed E-state index contributed by atoms with van der Waals surface area (Å²) in [4.78, 5) is 52.5. The number of aryl methyl sites for hydroxylation is 1. The molecule has 12 heteroatoms. The number of nitrogens with zero attached hydrogens (tertiary/aromatic N) is 1. The summed E-state index contributed by atoms with van der Waals surface area (Å²) in [7, 11) is 0. The van der Waals surface area contributed by atoms with E-state index in [2.05, 4.69) is 16.0 Å². The molecule has 4 N–H and O–H groups in total. The highest BCUT2D eigenvalue weighted by molar-refractivity contribution is 6.41. The van der Waals surface area contributed by atoms with Gasteiger partial charge >= 0.3 is 12.0 Å². The summed E-state index contributed by atoms with van der Waals surface area (Å²) >= 11 is 19.0. The van der Waals surface area contributed by atoms with E-state index in [1.54, 1.807) is 17.0 Å². The minimum atomic E-state index is -1.46. The number of hydrogen-bond acceptors (Lipinski definition) is 4.